The summed E-state index contributed by atoms with van der Waals surface area (Å²) in [6.45, 7) is 10.2. The van der Waals surface area contributed by atoms with Crippen LogP contribution in [-0.2, 0) is 4.74 Å². The Morgan fingerprint density at radius 2 is 2.16 bits per heavy atom. The average Bonchev–Trinajstić information content (AvgIpc) is 2.64. The lowest BCUT2D eigenvalue weighted by molar-refractivity contribution is 0.0863. The summed E-state index contributed by atoms with van der Waals surface area (Å²) in [7, 11) is 0. The first-order valence-corrected chi connectivity index (χ1v) is 6.85. The van der Waals surface area contributed by atoms with Crippen LogP contribution in [0.2, 0.25) is 0 Å². The Morgan fingerprint density at radius 3 is 2.95 bits per heavy atom. The Kier molecular flexibility index (Phi) is 4.61. The maximum absolute atomic E-state index is 5.99. The van der Waals surface area contributed by atoms with Gasteiger partial charge in [0.1, 0.15) is 11.4 Å². The van der Waals surface area contributed by atoms with Gasteiger partial charge < -0.3 is 14.8 Å². The van der Waals surface area contributed by atoms with Crippen LogP contribution in [0, 0.1) is 0 Å². The first-order valence-electron chi connectivity index (χ1n) is 6.85. The van der Waals surface area contributed by atoms with Gasteiger partial charge in [0.25, 0.3) is 0 Å². The zero-order chi connectivity index (χ0) is 13.7. The van der Waals surface area contributed by atoms with Gasteiger partial charge in [-0.25, -0.2) is 0 Å². The molecule has 0 fully saturated rings. The molecular formula is C16H23NO2. The standard InChI is InChI=1S/C16H23NO2/c1-4-5-11-18-12-10-17-15-13-8-6-7-9-14(13)19-16(15,2)3/h4,6-9,15,17H,1,5,10-12H2,2-3H3. The van der Waals surface area contributed by atoms with E-state index in [2.05, 4.69) is 37.9 Å². The van der Waals surface area contributed by atoms with E-state index in [9.17, 15) is 0 Å². The molecule has 0 saturated heterocycles. The third-order valence-corrected chi connectivity index (χ3v) is 3.36. The van der Waals surface area contributed by atoms with E-state index < -0.39 is 0 Å². The highest BCUT2D eigenvalue weighted by molar-refractivity contribution is 5.42. The van der Waals surface area contributed by atoms with Gasteiger partial charge in [-0.05, 0) is 26.3 Å². The Hall–Kier alpha value is -1.32. The molecule has 2 rings (SSSR count). The van der Waals surface area contributed by atoms with Crippen molar-refractivity contribution in [2.45, 2.75) is 31.9 Å². The SMILES string of the molecule is C=CCCOCCNC1c2ccccc2OC1(C)C. The van der Waals surface area contributed by atoms with E-state index in [0.717, 1.165) is 25.3 Å². The molecule has 0 radical (unpaired) electrons. The molecule has 1 N–H and O–H groups in total. The van der Waals surface area contributed by atoms with Crippen molar-refractivity contribution in [3.63, 3.8) is 0 Å². The second-order valence-electron chi connectivity index (χ2n) is 5.32. The Bertz CT molecular complexity index is 429. The van der Waals surface area contributed by atoms with Crippen LogP contribution in [-0.4, -0.2) is 25.4 Å². The summed E-state index contributed by atoms with van der Waals surface area (Å²) in [5, 5.41) is 3.53. The molecule has 1 aromatic rings. The van der Waals surface area contributed by atoms with E-state index in [-0.39, 0.29) is 11.6 Å². The number of hydrogen-bond acceptors (Lipinski definition) is 3. The summed E-state index contributed by atoms with van der Waals surface area (Å²) in [5.41, 5.74) is 1.02. The van der Waals surface area contributed by atoms with Gasteiger partial charge in [-0.2, -0.15) is 0 Å². The van der Waals surface area contributed by atoms with Crippen LogP contribution in [0.1, 0.15) is 31.9 Å². The molecule has 19 heavy (non-hydrogen) atoms. The summed E-state index contributed by atoms with van der Waals surface area (Å²) < 4.78 is 11.5. The van der Waals surface area contributed by atoms with Crippen molar-refractivity contribution in [2.75, 3.05) is 19.8 Å². The minimum Gasteiger partial charge on any atom is -0.486 e. The van der Waals surface area contributed by atoms with Gasteiger partial charge in [0.2, 0.25) is 0 Å². The minimum absolute atomic E-state index is 0.215. The highest BCUT2D eigenvalue weighted by Crippen LogP contribution is 2.42. The van der Waals surface area contributed by atoms with Crippen LogP contribution in [0.3, 0.4) is 0 Å². The molecule has 0 saturated carbocycles. The summed E-state index contributed by atoms with van der Waals surface area (Å²) >= 11 is 0. The number of para-hydroxylation sites is 1. The molecule has 0 bridgehead atoms. The molecule has 0 aliphatic carbocycles. The lowest BCUT2D eigenvalue weighted by Gasteiger charge is -2.27. The maximum atomic E-state index is 5.99. The van der Waals surface area contributed by atoms with Crippen LogP contribution < -0.4 is 10.1 Å². The molecule has 1 unspecified atom stereocenters. The predicted molar refractivity (Wildman–Crippen MR) is 77.5 cm³/mol. The molecule has 0 amide bonds. The molecular weight excluding hydrogens is 238 g/mol. The fraction of sp³-hybridized carbons (Fsp3) is 0.500. The lowest BCUT2D eigenvalue weighted by Crippen LogP contribution is -2.40. The van der Waals surface area contributed by atoms with Crippen LogP contribution in [0.15, 0.2) is 36.9 Å². The quantitative estimate of drug-likeness (QED) is 0.604. The van der Waals surface area contributed by atoms with Crippen molar-refractivity contribution in [1.82, 2.24) is 5.32 Å². The topological polar surface area (TPSA) is 30.5 Å². The zero-order valence-corrected chi connectivity index (χ0v) is 11.8. The van der Waals surface area contributed by atoms with E-state index >= 15 is 0 Å². The molecule has 1 heterocycles. The van der Waals surface area contributed by atoms with Gasteiger partial charge in [0, 0.05) is 12.1 Å². The van der Waals surface area contributed by atoms with Gasteiger partial charge in [-0.15, -0.1) is 6.58 Å². The number of ether oxygens (including phenoxy) is 2. The summed E-state index contributed by atoms with van der Waals surface area (Å²) in [6, 6.07) is 8.43. The Balaban J connectivity index is 1.87. The maximum Gasteiger partial charge on any atom is 0.125 e. The van der Waals surface area contributed by atoms with Gasteiger partial charge in [0.05, 0.1) is 19.3 Å². The minimum atomic E-state index is -0.217. The predicted octanol–water partition coefficient (Wildman–Crippen LogP) is 3.08. The molecule has 3 nitrogen and oxygen atoms in total. The van der Waals surface area contributed by atoms with Crippen molar-refractivity contribution in [3.8, 4) is 5.75 Å². The van der Waals surface area contributed by atoms with Gasteiger partial charge in [-0.1, -0.05) is 24.3 Å². The first kappa shape index (κ1) is 14.1. The fourth-order valence-electron chi connectivity index (χ4n) is 2.43. The summed E-state index contributed by atoms with van der Waals surface area (Å²) in [6.07, 6.45) is 2.78. The van der Waals surface area contributed by atoms with Crippen LogP contribution >= 0.6 is 0 Å². The van der Waals surface area contributed by atoms with Crippen LogP contribution in [0.4, 0.5) is 0 Å². The Morgan fingerprint density at radius 1 is 1.37 bits per heavy atom. The van der Waals surface area contributed by atoms with E-state index in [1.807, 2.05) is 18.2 Å². The van der Waals surface area contributed by atoms with E-state index in [1.165, 1.54) is 5.56 Å². The fourth-order valence-corrected chi connectivity index (χ4v) is 2.43. The number of hydrogen-bond donors (Lipinski definition) is 1. The van der Waals surface area contributed by atoms with E-state index in [1.54, 1.807) is 0 Å². The third-order valence-electron chi connectivity index (χ3n) is 3.36. The van der Waals surface area contributed by atoms with Crippen molar-refractivity contribution < 1.29 is 9.47 Å². The van der Waals surface area contributed by atoms with E-state index in [0.29, 0.717) is 6.61 Å². The van der Waals surface area contributed by atoms with Gasteiger partial charge >= 0.3 is 0 Å². The highest BCUT2D eigenvalue weighted by atomic mass is 16.5. The molecule has 1 aliphatic heterocycles. The number of nitrogens with one attached hydrogen (secondary N) is 1. The molecule has 1 aliphatic rings. The van der Waals surface area contributed by atoms with Crippen LogP contribution in [0.5, 0.6) is 5.75 Å². The number of fused-ring (bicyclic) bond motifs is 1. The normalized spacial score (nSPS) is 19.8. The summed E-state index contributed by atoms with van der Waals surface area (Å²) in [5.74, 6) is 0.984. The Labute approximate surface area is 115 Å². The lowest BCUT2D eigenvalue weighted by atomic mass is 9.94. The van der Waals surface area contributed by atoms with Crippen molar-refractivity contribution in [1.29, 1.82) is 0 Å². The smallest absolute Gasteiger partial charge is 0.125 e. The molecule has 104 valence electrons. The molecule has 0 aromatic heterocycles. The molecule has 0 spiro atoms. The first-order chi connectivity index (χ1) is 9.15. The second kappa shape index (κ2) is 6.22. The van der Waals surface area contributed by atoms with Crippen molar-refractivity contribution in [3.05, 3.63) is 42.5 Å². The van der Waals surface area contributed by atoms with Gasteiger partial charge in [-0.3, -0.25) is 0 Å². The van der Waals surface area contributed by atoms with Gasteiger partial charge in [0.15, 0.2) is 0 Å². The number of rotatable bonds is 7. The van der Waals surface area contributed by atoms with Crippen molar-refractivity contribution >= 4 is 0 Å². The largest absolute Gasteiger partial charge is 0.486 e. The van der Waals surface area contributed by atoms with E-state index in [4.69, 9.17) is 9.47 Å². The average molecular weight is 261 g/mol. The number of benzene rings is 1. The third kappa shape index (κ3) is 3.37. The second-order valence-corrected chi connectivity index (χ2v) is 5.32. The summed E-state index contributed by atoms with van der Waals surface area (Å²) in [4.78, 5) is 0. The molecule has 3 heteroatoms. The zero-order valence-electron chi connectivity index (χ0n) is 11.8. The van der Waals surface area contributed by atoms with Crippen molar-refractivity contribution in [2.24, 2.45) is 0 Å². The van der Waals surface area contributed by atoms with Crippen LogP contribution in [0.25, 0.3) is 0 Å². The molecule has 1 atom stereocenters. The molecule has 1 aromatic carbocycles. The monoisotopic (exact) mass is 261 g/mol. The highest BCUT2D eigenvalue weighted by Gasteiger charge is 2.40.